The number of halogens is 4. The molecule has 3 N–H and O–H groups in total. The fourth-order valence-electron chi connectivity index (χ4n) is 2.51. The predicted octanol–water partition coefficient (Wildman–Crippen LogP) is 3.21. The molecular formula is C17H16F4N6O. The number of anilines is 3. The van der Waals surface area contributed by atoms with Crippen LogP contribution < -0.4 is 16.0 Å². The molecule has 3 rings (SSSR count). The Bertz CT molecular complexity index is 1030. The number of fused-ring (bicyclic) bond motifs is 1. The molecule has 3 aromatic rings. The van der Waals surface area contributed by atoms with Crippen LogP contribution >= 0.6 is 0 Å². The van der Waals surface area contributed by atoms with Crippen molar-refractivity contribution in [2.45, 2.75) is 13.3 Å². The van der Waals surface area contributed by atoms with Gasteiger partial charge in [0.1, 0.15) is 22.9 Å². The number of nitrogens with zero attached hydrogens (tertiary/aromatic N) is 3. The first-order valence-electron chi connectivity index (χ1n) is 8.32. The molecule has 0 spiro atoms. The van der Waals surface area contributed by atoms with E-state index in [2.05, 4.69) is 26.0 Å². The van der Waals surface area contributed by atoms with Gasteiger partial charge in [0.2, 0.25) is 0 Å². The van der Waals surface area contributed by atoms with E-state index in [0.717, 1.165) is 6.42 Å². The molecule has 0 aliphatic rings. The molecule has 0 unspecified atom stereocenters. The first-order valence-corrected chi connectivity index (χ1v) is 8.32. The third-order valence-corrected chi connectivity index (χ3v) is 3.87. The Kier molecular flexibility index (Phi) is 5.34. The van der Waals surface area contributed by atoms with Crippen molar-refractivity contribution in [3.05, 3.63) is 47.2 Å². The summed E-state index contributed by atoms with van der Waals surface area (Å²) >= 11 is 0. The normalized spacial score (nSPS) is 10.9. The third-order valence-electron chi connectivity index (χ3n) is 3.87. The monoisotopic (exact) mass is 396 g/mol. The van der Waals surface area contributed by atoms with Crippen LogP contribution in [-0.4, -0.2) is 34.1 Å². The number of hydrogen-bond acceptors (Lipinski definition) is 5. The summed E-state index contributed by atoms with van der Waals surface area (Å²) in [7, 11) is 1.56. The van der Waals surface area contributed by atoms with E-state index >= 15 is 0 Å². The Labute approximate surface area is 156 Å². The zero-order valence-corrected chi connectivity index (χ0v) is 14.9. The van der Waals surface area contributed by atoms with Gasteiger partial charge in [-0.05, 0) is 6.42 Å². The average molecular weight is 396 g/mol. The molecule has 0 aliphatic carbocycles. The molecule has 0 saturated carbocycles. The first kappa shape index (κ1) is 19.4. The SMILES string of the molecule is CCCNC(=O)c1cnn2c(NC)cc(Nc3c(F)c(F)cc(F)c3F)nc12. The van der Waals surface area contributed by atoms with Crippen molar-refractivity contribution in [3.8, 4) is 0 Å². The van der Waals surface area contributed by atoms with Crippen LogP contribution in [0.25, 0.3) is 5.65 Å². The molecule has 0 bridgehead atoms. The molecule has 1 amide bonds. The van der Waals surface area contributed by atoms with Crippen molar-refractivity contribution in [3.63, 3.8) is 0 Å². The Morgan fingerprint density at radius 1 is 1.14 bits per heavy atom. The van der Waals surface area contributed by atoms with Gasteiger partial charge in [0.25, 0.3) is 5.91 Å². The van der Waals surface area contributed by atoms with E-state index in [0.29, 0.717) is 12.4 Å². The number of amides is 1. The molecule has 11 heteroatoms. The van der Waals surface area contributed by atoms with Crippen LogP contribution in [0.3, 0.4) is 0 Å². The van der Waals surface area contributed by atoms with Gasteiger partial charge in [-0.15, -0.1) is 0 Å². The summed E-state index contributed by atoms with van der Waals surface area (Å²) in [6, 6.07) is 1.42. The molecule has 2 heterocycles. The minimum absolute atomic E-state index is 0.0839. The lowest BCUT2D eigenvalue weighted by Crippen LogP contribution is -2.24. The zero-order chi connectivity index (χ0) is 20.4. The van der Waals surface area contributed by atoms with Gasteiger partial charge in [-0.1, -0.05) is 6.92 Å². The van der Waals surface area contributed by atoms with Crippen LogP contribution in [0, 0.1) is 23.3 Å². The summed E-state index contributed by atoms with van der Waals surface area (Å²) in [5, 5.41) is 11.8. The van der Waals surface area contributed by atoms with Crippen molar-refractivity contribution in [1.29, 1.82) is 0 Å². The number of aromatic nitrogens is 3. The highest BCUT2D eigenvalue weighted by atomic mass is 19.2. The van der Waals surface area contributed by atoms with E-state index in [-0.39, 0.29) is 23.1 Å². The second kappa shape index (κ2) is 7.71. The van der Waals surface area contributed by atoms with Crippen molar-refractivity contribution >= 4 is 28.9 Å². The molecule has 2 aromatic heterocycles. The van der Waals surface area contributed by atoms with E-state index < -0.39 is 34.9 Å². The van der Waals surface area contributed by atoms with Gasteiger partial charge in [-0.25, -0.2) is 22.5 Å². The third kappa shape index (κ3) is 3.42. The fraction of sp³-hybridized carbons (Fsp3) is 0.235. The van der Waals surface area contributed by atoms with E-state index in [1.807, 2.05) is 6.92 Å². The van der Waals surface area contributed by atoms with Crippen LogP contribution in [0.1, 0.15) is 23.7 Å². The van der Waals surface area contributed by atoms with Gasteiger partial charge in [-0.2, -0.15) is 9.61 Å². The standard InChI is InChI=1S/C17H16F4N6O/c1-3-4-23-17(28)8-7-24-27-12(22-2)6-11(26-16(8)27)25-15-13(20)9(18)5-10(19)14(15)21/h5-7,22H,3-4H2,1-2H3,(H,23,28)(H,25,26). The lowest BCUT2D eigenvalue weighted by Gasteiger charge is -2.12. The van der Waals surface area contributed by atoms with E-state index in [4.69, 9.17) is 0 Å². The number of carbonyl (C=O) groups excluding carboxylic acids is 1. The predicted molar refractivity (Wildman–Crippen MR) is 94.7 cm³/mol. The molecule has 1 aromatic carbocycles. The van der Waals surface area contributed by atoms with Gasteiger partial charge in [0.15, 0.2) is 28.9 Å². The van der Waals surface area contributed by atoms with Gasteiger partial charge >= 0.3 is 0 Å². The Hall–Kier alpha value is -3.37. The Balaban J connectivity index is 2.09. The molecule has 148 valence electrons. The smallest absolute Gasteiger partial charge is 0.256 e. The molecular weight excluding hydrogens is 380 g/mol. The Morgan fingerprint density at radius 2 is 1.82 bits per heavy atom. The number of carbonyl (C=O) groups is 1. The minimum atomic E-state index is -1.60. The summed E-state index contributed by atoms with van der Waals surface area (Å²) in [5.41, 5.74) is -0.825. The topological polar surface area (TPSA) is 83.4 Å². The quantitative estimate of drug-likeness (QED) is 0.440. The maximum Gasteiger partial charge on any atom is 0.256 e. The van der Waals surface area contributed by atoms with Gasteiger partial charge in [0, 0.05) is 25.7 Å². The summed E-state index contributed by atoms with van der Waals surface area (Å²) in [4.78, 5) is 16.4. The zero-order valence-electron chi connectivity index (χ0n) is 14.9. The maximum absolute atomic E-state index is 13.9. The summed E-state index contributed by atoms with van der Waals surface area (Å²) in [6.07, 6.45) is 2.01. The lowest BCUT2D eigenvalue weighted by molar-refractivity contribution is 0.0955. The summed E-state index contributed by atoms with van der Waals surface area (Å²) in [5.74, 6) is -6.57. The fourth-order valence-corrected chi connectivity index (χ4v) is 2.51. The van der Waals surface area contributed by atoms with Crippen molar-refractivity contribution < 1.29 is 22.4 Å². The maximum atomic E-state index is 13.9. The van der Waals surface area contributed by atoms with Crippen LogP contribution in [0.4, 0.5) is 34.9 Å². The van der Waals surface area contributed by atoms with E-state index in [9.17, 15) is 22.4 Å². The number of rotatable bonds is 6. The van der Waals surface area contributed by atoms with Crippen LogP contribution in [0.2, 0.25) is 0 Å². The highest BCUT2D eigenvalue weighted by Crippen LogP contribution is 2.28. The number of hydrogen-bond donors (Lipinski definition) is 3. The number of benzene rings is 1. The highest BCUT2D eigenvalue weighted by molar-refractivity contribution is 6.00. The molecule has 7 nitrogen and oxygen atoms in total. The molecule has 28 heavy (non-hydrogen) atoms. The highest BCUT2D eigenvalue weighted by Gasteiger charge is 2.21. The van der Waals surface area contributed by atoms with Crippen molar-refractivity contribution in [2.24, 2.45) is 0 Å². The van der Waals surface area contributed by atoms with Gasteiger partial charge in [0.05, 0.1) is 6.20 Å². The van der Waals surface area contributed by atoms with E-state index in [1.54, 1.807) is 7.05 Å². The number of nitrogens with one attached hydrogen (secondary N) is 3. The second-order valence-electron chi connectivity index (χ2n) is 5.79. The molecule has 0 fully saturated rings. The van der Waals surface area contributed by atoms with Crippen LogP contribution in [0.15, 0.2) is 18.3 Å². The molecule has 0 radical (unpaired) electrons. The first-order chi connectivity index (χ1) is 13.4. The van der Waals surface area contributed by atoms with Gasteiger partial charge in [-0.3, -0.25) is 4.79 Å². The lowest BCUT2D eigenvalue weighted by atomic mass is 10.2. The minimum Gasteiger partial charge on any atom is -0.373 e. The molecule has 0 atom stereocenters. The second-order valence-corrected chi connectivity index (χ2v) is 5.79. The van der Waals surface area contributed by atoms with E-state index in [1.165, 1.54) is 16.8 Å². The van der Waals surface area contributed by atoms with Crippen molar-refractivity contribution in [2.75, 3.05) is 24.2 Å². The summed E-state index contributed by atoms with van der Waals surface area (Å²) < 4.78 is 56.1. The largest absolute Gasteiger partial charge is 0.373 e. The molecule has 0 aliphatic heterocycles. The molecule has 0 saturated heterocycles. The average Bonchev–Trinajstić information content (AvgIpc) is 3.11. The Morgan fingerprint density at radius 3 is 2.43 bits per heavy atom. The summed E-state index contributed by atoms with van der Waals surface area (Å²) in [6.45, 7) is 2.32. The van der Waals surface area contributed by atoms with Crippen LogP contribution in [0.5, 0.6) is 0 Å². The van der Waals surface area contributed by atoms with Crippen LogP contribution in [-0.2, 0) is 0 Å². The van der Waals surface area contributed by atoms with Crippen molar-refractivity contribution in [1.82, 2.24) is 19.9 Å². The van der Waals surface area contributed by atoms with Gasteiger partial charge < -0.3 is 16.0 Å².